The second-order valence-corrected chi connectivity index (χ2v) is 6.29. The number of amides is 1. The standard InChI is InChI=1S/C19H19FN4O2.ClH/c1-23-10-9-22-18(23)15-12-21-8-11-24(15)19(25)17-7-6-16(26-17)13-2-4-14(20)5-3-13;/h2-7,9-10,15,21H,8,11-12H2,1H3;1H. The van der Waals surface area contributed by atoms with Crippen molar-refractivity contribution < 1.29 is 13.6 Å². The maximum atomic E-state index is 13.1. The molecule has 1 atom stereocenters. The van der Waals surface area contributed by atoms with Crippen molar-refractivity contribution >= 4 is 18.3 Å². The molecule has 1 N–H and O–H groups in total. The molecule has 1 unspecified atom stereocenters. The van der Waals surface area contributed by atoms with E-state index in [1.54, 1.807) is 35.4 Å². The van der Waals surface area contributed by atoms with Crippen LogP contribution >= 0.6 is 12.4 Å². The molecule has 3 aromatic rings. The highest BCUT2D eigenvalue weighted by molar-refractivity contribution is 5.92. The number of aryl methyl sites for hydroxylation is 1. The molecule has 0 aliphatic carbocycles. The number of nitrogens with one attached hydrogen (secondary N) is 1. The van der Waals surface area contributed by atoms with Crippen molar-refractivity contribution in [1.29, 1.82) is 0 Å². The summed E-state index contributed by atoms with van der Waals surface area (Å²) in [4.78, 5) is 19.2. The molecule has 0 bridgehead atoms. The Kier molecular flexibility index (Phi) is 5.62. The summed E-state index contributed by atoms with van der Waals surface area (Å²) in [6, 6.07) is 9.24. The van der Waals surface area contributed by atoms with Gasteiger partial charge in [0.05, 0.1) is 0 Å². The Morgan fingerprint density at radius 3 is 2.74 bits per heavy atom. The minimum Gasteiger partial charge on any atom is -0.451 e. The van der Waals surface area contributed by atoms with Gasteiger partial charge in [-0.25, -0.2) is 9.37 Å². The van der Waals surface area contributed by atoms with Crippen LogP contribution in [0.1, 0.15) is 22.4 Å². The fraction of sp³-hybridized carbons (Fsp3) is 0.263. The molecule has 2 aromatic heterocycles. The second kappa shape index (κ2) is 7.94. The van der Waals surface area contributed by atoms with Gasteiger partial charge in [0.1, 0.15) is 23.4 Å². The fourth-order valence-electron chi connectivity index (χ4n) is 3.24. The van der Waals surface area contributed by atoms with Gasteiger partial charge in [-0.3, -0.25) is 4.79 Å². The van der Waals surface area contributed by atoms with E-state index in [4.69, 9.17) is 4.42 Å². The second-order valence-electron chi connectivity index (χ2n) is 6.29. The molecule has 3 heterocycles. The molecule has 6 nitrogen and oxygen atoms in total. The average molecular weight is 391 g/mol. The van der Waals surface area contributed by atoms with Crippen molar-refractivity contribution in [1.82, 2.24) is 19.8 Å². The van der Waals surface area contributed by atoms with Crippen LogP contribution in [-0.4, -0.2) is 40.0 Å². The van der Waals surface area contributed by atoms with Crippen LogP contribution in [0.15, 0.2) is 53.2 Å². The number of carbonyl (C=O) groups excluding carboxylic acids is 1. The number of rotatable bonds is 3. The molecule has 1 saturated heterocycles. The average Bonchev–Trinajstić information content (AvgIpc) is 3.31. The molecule has 1 fully saturated rings. The third kappa shape index (κ3) is 3.74. The van der Waals surface area contributed by atoms with Crippen LogP contribution in [0.5, 0.6) is 0 Å². The lowest BCUT2D eigenvalue weighted by atomic mass is 10.1. The smallest absolute Gasteiger partial charge is 0.290 e. The molecule has 0 saturated carbocycles. The van der Waals surface area contributed by atoms with E-state index < -0.39 is 0 Å². The highest BCUT2D eigenvalue weighted by Crippen LogP contribution is 2.26. The number of carbonyl (C=O) groups is 1. The number of hydrogen-bond acceptors (Lipinski definition) is 4. The zero-order valence-electron chi connectivity index (χ0n) is 14.8. The van der Waals surface area contributed by atoms with Crippen LogP contribution < -0.4 is 5.32 Å². The maximum absolute atomic E-state index is 13.1. The van der Waals surface area contributed by atoms with Crippen LogP contribution in [0.4, 0.5) is 4.39 Å². The van der Waals surface area contributed by atoms with E-state index in [9.17, 15) is 9.18 Å². The Bertz CT molecular complexity index is 922. The summed E-state index contributed by atoms with van der Waals surface area (Å²) in [6.07, 6.45) is 3.60. The molecule has 1 aliphatic heterocycles. The molecule has 1 aliphatic rings. The number of aromatic nitrogens is 2. The molecule has 27 heavy (non-hydrogen) atoms. The number of piperazine rings is 1. The minimum atomic E-state index is -0.310. The summed E-state index contributed by atoms with van der Waals surface area (Å²) in [6.45, 7) is 1.93. The third-order valence-electron chi connectivity index (χ3n) is 4.61. The lowest BCUT2D eigenvalue weighted by Gasteiger charge is -2.35. The first-order valence-electron chi connectivity index (χ1n) is 8.48. The first-order valence-corrected chi connectivity index (χ1v) is 8.48. The Morgan fingerprint density at radius 1 is 1.26 bits per heavy atom. The van der Waals surface area contributed by atoms with Gasteiger partial charge in [0.15, 0.2) is 5.76 Å². The van der Waals surface area contributed by atoms with Crippen molar-refractivity contribution in [3.05, 3.63) is 66.2 Å². The summed E-state index contributed by atoms with van der Waals surface area (Å²) in [5.74, 6) is 1.15. The van der Waals surface area contributed by atoms with E-state index >= 15 is 0 Å². The number of hydrogen-bond donors (Lipinski definition) is 1. The normalized spacial score (nSPS) is 16.8. The zero-order valence-corrected chi connectivity index (χ0v) is 15.6. The maximum Gasteiger partial charge on any atom is 0.290 e. The summed E-state index contributed by atoms with van der Waals surface area (Å²) in [5.41, 5.74) is 0.728. The van der Waals surface area contributed by atoms with Crippen LogP contribution in [0.25, 0.3) is 11.3 Å². The van der Waals surface area contributed by atoms with Gasteiger partial charge in [0, 0.05) is 44.6 Å². The number of imidazole rings is 1. The SMILES string of the molecule is Cl.Cn1ccnc1C1CNCCN1C(=O)c1ccc(-c2ccc(F)cc2)o1. The van der Waals surface area contributed by atoms with Crippen molar-refractivity contribution in [3.63, 3.8) is 0 Å². The predicted octanol–water partition coefficient (Wildman–Crippen LogP) is 3.03. The monoisotopic (exact) mass is 390 g/mol. The Balaban J connectivity index is 0.00000210. The highest BCUT2D eigenvalue weighted by atomic mass is 35.5. The minimum absolute atomic E-state index is 0. The van der Waals surface area contributed by atoms with E-state index in [-0.39, 0.29) is 35.9 Å². The Morgan fingerprint density at radius 2 is 2.04 bits per heavy atom. The first kappa shape index (κ1) is 19.1. The summed E-state index contributed by atoms with van der Waals surface area (Å²) in [5, 5.41) is 3.31. The summed E-state index contributed by atoms with van der Waals surface area (Å²) in [7, 11) is 1.92. The van der Waals surface area contributed by atoms with Crippen LogP contribution in [-0.2, 0) is 7.05 Å². The number of nitrogens with zero attached hydrogens (tertiary/aromatic N) is 3. The van der Waals surface area contributed by atoms with E-state index in [1.807, 2.05) is 17.8 Å². The Hall–Kier alpha value is -2.64. The van der Waals surface area contributed by atoms with E-state index in [1.165, 1.54) is 12.1 Å². The number of benzene rings is 1. The van der Waals surface area contributed by atoms with Gasteiger partial charge in [-0.2, -0.15) is 0 Å². The number of furan rings is 1. The third-order valence-corrected chi connectivity index (χ3v) is 4.61. The van der Waals surface area contributed by atoms with Gasteiger partial charge >= 0.3 is 0 Å². The molecule has 142 valence electrons. The van der Waals surface area contributed by atoms with Gasteiger partial charge < -0.3 is 19.2 Å². The first-order chi connectivity index (χ1) is 12.6. The van der Waals surface area contributed by atoms with Crippen LogP contribution in [0.3, 0.4) is 0 Å². The van der Waals surface area contributed by atoms with Crippen molar-refractivity contribution in [2.45, 2.75) is 6.04 Å². The van der Waals surface area contributed by atoms with Gasteiger partial charge in [0.25, 0.3) is 5.91 Å². The van der Waals surface area contributed by atoms with Crippen molar-refractivity contribution in [2.24, 2.45) is 7.05 Å². The highest BCUT2D eigenvalue weighted by Gasteiger charge is 2.32. The summed E-state index contributed by atoms with van der Waals surface area (Å²) < 4.78 is 20.8. The van der Waals surface area contributed by atoms with Crippen LogP contribution in [0, 0.1) is 5.82 Å². The van der Waals surface area contributed by atoms with Gasteiger partial charge in [-0.05, 0) is 36.4 Å². The fourth-order valence-corrected chi connectivity index (χ4v) is 3.24. The molecular formula is C19H20ClFN4O2. The lowest BCUT2D eigenvalue weighted by molar-refractivity contribution is 0.0589. The van der Waals surface area contributed by atoms with E-state index in [0.717, 1.165) is 17.9 Å². The predicted molar refractivity (Wildman–Crippen MR) is 101 cm³/mol. The van der Waals surface area contributed by atoms with Crippen molar-refractivity contribution in [2.75, 3.05) is 19.6 Å². The Labute approximate surface area is 162 Å². The molecule has 4 rings (SSSR count). The number of halogens is 2. The molecule has 8 heteroatoms. The topological polar surface area (TPSA) is 63.3 Å². The molecule has 0 radical (unpaired) electrons. The van der Waals surface area contributed by atoms with Crippen molar-refractivity contribution in [3.8, 4) is 11.3 Å². The van der Waals surface area contributed by atoms with E-state index in [2.05, 4.69) is 10.3 Å². The molecular weight excluding hydrogens is 371 g/mol. The molecule has 0 spiro atoms. The van der Waals surface area contributed by atoms with Crippen LogP contribution in [0.2, 0.25) is 0 Å². The van der Waals surface area contributed by atoms with Gasteiger partial charge in [-0.15, -0.1) is 12.4 Å². The molecule has 1 amide bonds. The largest absolute Gasteiger partial charge is 0.451 e. The quantitative estimate of drug-likeness (QED) is 0.746. The zero-order chi connectivity index (χ0) is 18.1. The van der Waals surface area contributed by atoms with Gasteiger partial charge in [0.2, 0.25) is 0 Å². The lowest BCUT2D eigenvalue weighted by Crippen LogP contribution is -2.49. The summed E-state index contributed by atoms with van der Waals surface area (Å²) >= 11 is 0. The molecule has 1 aromatic carbocycles. The van der Waals surface area contributed by atoms with E-state index in [0.29, 0.717) is 18.8 Å². The van der Waals surface area contributed by atoms with Gasteiger partial charge in [-0.1, -0.05) is 0 Å².